The van der Waals surface area contributed by atoms with Gasteiger partial charge in [0.05, 0.1) is 6.54 Å². The van der Waals surface area contributed by atoms with Gasteiger partial charge in [-0.3, -0.25) is 4.79 Å². The number of anilines is 1. The highest BCUT2D eigenvalue weighted by atomic mass is 19.1. The monoisotopic (exact) mass is 286 g/mol. The zero-order valence-corrected chi connectivity index (χ0v) is 12.0. The molecule has 2 aromatic carbocycles. The lowest BCUT2D eigenvalue weighted by Crippen LogP contribution is -2.37. The zero-order valence-electron chi connectivity index (χ0n) is 12.0. The van der Waals surface area contributed by atoms with E-state index < -0.39 is 0 Å². The number of nitrogens with one attached hydrogen (secondary N) is 2. The van der Waals surface area contributed by atoms with Crippen LogP contribution in [0.4, 0.5) is 10.1 Å². The summed E-state index contributed by atoms with van der Waals surface area (Å²) in [6.45, 7) is 2.17. The Morgan fingerprint density at radius 1 is 1.10 bits per heavy atom. The second kappa shape index (κ2) is 7.43. The summed E-state index contributed by atoms with van der Waals surface area (Å²) < 4.78 is 12.8. The number of amides is 1. The van der Waals surface area contributed by atoms with E-state index in [1.54, 1.807) is 12.1 Å². The lowest BCUT2D eigenvalue weighted by Gasteiger charge is -2.14. The van der Waals surface area contributed by atoms with Crippen LogP contribution >= 0.6 is 0 Å². The minimum atomic E-state index is -0.248. The summed E-state index contributed by atoms with van der Waals surface area (Å²) in [5.41, 5.74) is 1.92. The average molecular weight is 286 g/mol. The molecule has 110 valence electrons. The summed E-state index contributed by atoms with van der Waals surface area (Å²) in [7, 11) is 0. The van der Waals surface area contributed by atoms with Crippen LogP contribution in [0.2, 0.25) is 0 Å². The Morgan fingerprint density at radius 3 is 2.43 bits per heavy atom. The Labute approximate surface area is 124 Å². The van der Waals surface area contributed by atoms with Gasteiger partial charge in [0.25, 0.3) is 0 Å². The molecular weight excluding hydrogens is 267 g/mol. The number of benzene rings is 2. The molecular formula is C17H19FN2O. The summed E-state index contributed by atoms with van der Waals surface area (Å²) in [5.74, 6) is -0.309. The van der Waals surface area contributed by atoms with Gasteiger partial charge in [-0.05, 0) is 43.2 Å². The van der Waals surface area contributed by atoms with Gasteiger partial charge in [-0.25, -0.2) is 4.39 Å². The molecule has 0 heterocycles. The molecule has 1 atom stereocenters. The quantitative estimate of drug-likeness (QED) is 0.857. The van der Waals surface area contributed by atoms with Crippen LogP contribution in [0.25, 0.3) is 0 Å². The fourth-order valence-electron chi connectivity index (χ4n) is 2.09. The molecule has 0 aromatic heterocycles. The minimum Gasteiger partial charge on any atom is -0.376 e. The van der Waals surface area contributed by atoms with Crippen molar-refractivity contribution in [3.05, 3.63) is 66.0 Å². The normalized spacial score (nSPS) is 11.7. The third-order valence-corrected chi connectivity index (χ3v) is 3.09. The predicted molar refractivity (Wildman–Crippen MR) is 82.6 cm³/mol. The molecule has 4 heteroatoms. The Bertz CT molecular complexity index is 569. The van der Waals surface area contributed by atoms with Crippen molar-refractivity contribution >= 4 is 11.6 Å². The molecule has 0 fully saturated rings. The van der Waals surface area contributed by atoms with Crippen LogP contribution in [0.15, 0.2) is 54.6 Å². The Kier molecular flexibility index (Phi) is 5.32. The van der Waals surface area contributed by atoms with Crippen LogP contribution in [0.5, 0.6) is 0 Å². The summed E-state index contributed by atoms with van der Waals surface area (Å²) in [6, 6.07) is 15.9. The van der Waals surface area contributed by atoms with Crippen molar-refractivity contribution in [2.75, 3.05) is 11.9 Å². The van der Waals surface area contributed by atoms with E-state index in [4.69, 9.17) is 0 Å². The minimum absolute atomic E-state index is 0.000495. The first-order chi connectivity index (χ1) is 10.1. The maximum absolute atomic E-state index is 12.8. The number of para-hydroxylation sites is 1. The van der Waals surface area contributed by atoms with Crippen LogP contribution in [0.3, 0.4) is 0 Å². The number of rotatable bonds is 6. The van der Waals surface area contributed by atoms with Crippen LogP contribution in [0, 0.1) is 5.82 Å². The van der Waals surface area contributed by atoms with E-state index in [9.17, 15) is 9.18 Å². The van der Waals surface area contributed by atoms with Crippen LogP contribution in [0.1, 0.15) is 12.5 Å². The molecule has 1 amide bonds. The molecule has 0 radical (unpaired) electrons. The molecule has 0 spiro atoms. The number of hydrogen-bond acceptors (Lipinski definition) is 2. The van der Waals surface area contributed by atoms with Gasteiger partial charge in [-0.1, -0.05) is 30.3 Å². The molecule has 0 aliphatic rings. The van der Waals surface area contributed by atoms with E-state index in [1.165, 1.54) is 12.1 Å². The first-order valence-corrected chi connectivity index (χ1v) is 6.96. The van der Waals surface area contributed by atoms with Crippen molar-refractivity contribution in [2.24, 2.45) is 0 Å². The Hall–Kier alpha value is -2.36. The summed E-state index contributed by atoms with van der Waals surface area (Å²) in [5, 5.41) is 5.98. The van der Waals surface area contributed by atoms with Crippen molar-refractivity contribution in [2.45, 2.75) is 19.4 Å². The number of carbonyl (C=O) groups excluding carboxylic acids is 1. The molecule has 0 saturated carbocycles. The van der Waals surface area contributed by atoms with E-state index in [2.05, 4.69) is 10.6 Å². The number of hydrogen-bond donors (Lipinski definition) is 2. The Balaban J connectivity index is 1.75. The molecule has 2 rings (SSSR count). The lowest BCUT2D eigenvalue weighted by molar-refractivity contribution is -0.119. The predicted octanol–water partition coefficient (Wildman–Crippen LogP) is 2.99. The topological polar surface area (TPSA) is 41.1 Å². The molecule has 21 heavy (non-hydrogen) atoms. The van der Waals surface area contributed by atoms with Gasteiger partial charge in [0.15, 0.2) is 0 Å². The standard InChI is InChI=1S/C17H19FN2O/c1-13(11-14-7-9-15(18)10-8-14)20-17(21)12-19-16-5-3-2-4-6-16/h2-10,13,19H,11-12H2,1H3,(H,20,21). The van der Waals surface area contributed by atoms with Crippen LogP contribution < -0.4 is 10.6 Å². The molecule has 0 bridgehead atoms. The maximum Gasteiger partial charge on any atom is 0.239 e. The van der Waals surface area contributed by atoms with Gasteiger partial charge in [0.2, 0.25) is 5.91 Å². The SMILES string of the molecule is CC(Cc1ccc(F)cc1)NC(=O)CNc1ccccc1. The largest absolute Gasteiger partial charge is 0.376 e. The van der Waals surface area contributed by atoms with E-state index >= 15 is 0 Å². The molecule has 3 nitrogen and oxygen atoms in total. The Morgan fingerprint density at radius 2 is 1.76 bits per heavy atom. The number of carbonyl (C=O) groups is 1. The highest BCUT2D eigenvalue weighted by molar-refractivity contribution is 5.80. The third-order valence-electron chi connectivity index (χ3n) is 3.09. The van der Waals surface area contributed by atoms with Crippen molar-refractivity contribution in [3.63, 3.8) is 0 Å². The molecule has 2 N–H and O–H groups in total. The first-order valence-electron chi connectivity index (χ1n) is 6.96. The van der Waals surface area contributed by atoms with E-state index in [1.807, 2.05) is 37.3 Å². The van der Waals surface area contributed by atoms with Gasteiger partial charge >= 0.3 is 0 Å². The molecule has 0 saturated heterocycles. The van der Waals surface area contributed by atoms with Crippen molar-refractivity contribution < 1.29 is 9.18 Å². The van der Waals surface area contributed by atoms with E-state index in [0.29, 0.717) is 6.42 Å². The highest BCUT2D eigenvalue weighted by Gasteiger charge is 2.08. The smallest absolute Gasteiger partial charge is 0.239 e. The second-order valence-corrected chi connectivity index (χ2v) is 5.02. The van der Waals surface area contributed by atoms with Gasteiger partial charge in [0, 0.05) is 11.7 Å². The highest BCUT2D eigenvalue weighted by Crippen LogP contribution is 2.06. The summed E-state index contributed by atoms with van der Waals surface area (Å²) >= 11 is 0. The average Bonchev–Trinajstić information content (AvgIpc) is 2.48. The van der Waals surface area contributed by atoms with Gasteiger partial charge in [-0.2, -0.15) is 0 Å². The molecule has 2 aromatic rings. The van der Waals surface area contributed by atoms with Gasteiger partial charge in [-0.15, -0.1) is 0 Å². The fraction of sp³-hybridized carbons (Fsp3) is 0.235. The van der Waals surface area contributed by atoms with Crippen molar-refractivity contribution in [1.29, 1.82) is 0 Å². The van der Waals surface area contributed by atoms with Crippen LogP contribution in [-0.4, -0.2) is 18.5 Å². The maximum atomic E-state index is 12.8. The lowest BCUT2D eigenvalue weighted by atomic mass is 10.1. The number of halogens is 1. The van der Waals surface area contributed by atoms with E-state index in [0.717, 1.165) is 11.3 Å². The molecule has 0 aliphatic heterocycles. The van der Waals surface area contributed by atoms with Crippen LogP contribution in [-0.2, 0) is 11.2 Å². The summed E-state index contributed by atoms with van der Waals surface area (Å²) in [4.78, 5) is 11.8. The van der Waals surface area contributed by atoms with E-state index in [-0.39, 0.29) is 24.3 Å². The molecule has 0 aliphatic carbocycles. The molecule has 1 unspecified atom stereocenters. The third kappa shape index (κ3) is 5.26. The van der Waals surface area contributed by atoms with Crippen molar-refractivity contribution in [1.82, 2.24) is 5.32 Å². The first kappa shape index (κ1) is 15.0. The van der Waals surface area contributed by atoms with Gasteiger partial charge in [0.1, 0.15) is 5.82 Å². The second-order valence-electron chi connectivity index (χ2n) is 5.02. The fourth-order valence-corrected chi connectivity index (χ4v) is 2.09. The van der Waals surface area contributed by atoms with Crippen molar-refractivity contribution in [3.8, 4) is 0 Å². The summed E-state index contributed by atoms with van der Waals surface area (Å²) in [6.07, 6.45) is 0.678. The van der Waals surface area contributed by atoms with Gasteiger partial charge < -0.3 is 10.6 Å². The zero-order chi connectivity index (χ0) is 15.1.